The highest BCUT2D eigenvalue weighted by Gasteiger charge is 1.90. The zero-order valence-corrected chi connectivity index (χ0v) is 8.70. The van der Waals surface area contributed by atoms with Crippen molar-refractivity contribution in [2.24, 2.45) is 0 Å². The van der Waals surface area contributed by atoms with Crippen molar-refractivity contribution in [1.82, 2.24) is 0 Å². The van der Waals surface area contributed by atoms with Crippen LogP contribution in [-0.2, 0) is 0 Å². The normalized spacial score (nSPS) is 8.56. The van der Waals surface area contributed by atoms with Gasteiger partial charge in [-0.05, 0) is 41.7 Å². The SMILES string of the molecule is Cc1ccccc1C#Cc1ccccc1.[SiH4]. The molecule has 2 aromatic carbocycles. The first kappa shape index (κ1) is 12.3. The van der Waals surface area contributed by atoms with Crippen molar-refractivity contribution in [3.8, 4) is 11.8 Å². The van der Waals surface area contributed by atoms with E-state index in [9.17, 15) is 0 Å². The largest absolute Gasteiger partial charge is 0.0622 e. The minimum Gasteiger partial charge on any atom is -0.0622 e. The molecule has 0 amide bonds. The summed E-state index contributed by atoms with van der Waals surface area (Å²) >= 11 is 0. The van der Waals surface area contributed by atoms with E-state index in [-0.39, 0.29) is 11.0 Å². The maximum absolute atomic E-state index is 3.18. The van der Waals surface area contributed by atoms with Crippen molar-refractivity contribution in [3.05, 3.63) is 71.3 Å². The Bertz CT molecular complexity index is 504. The first-order valence-corrected chi connectivity index (χ1v) is 4.99. The Morgan fingerprint density at radius 1 is 0.750 bits per heavy atom. The van der Waals surface area contributed by atoms with Crippen molar-refractivity contribution in [1.29, 1.82) is 0 Å². The molecular formula is C15H16Si. The average Bonchev–Trinajstić information content (AvgIpc) is 2.29. The molecule has 0 nitrogen and oxygen atoms in total. The van der Waals surface area contributed by atoms with E-state index in [1.165, 1.54) is 5.56 Å². The summed E-state index contributed by atoms with van der Waals surface area (Å²) in [5.74, 6) is 6.33. The van der Waals surface area contributed by atoms with E-state index in [0.29, 0.717) is 0 Å². The second-order valence-corrected chi connectivity index (χ2v) is 3.43. The fourth-order valence-corrected chi connectivity index (χ4v) is 1.37. The molecule has 0 unspecified atom stereocenters. The van der Waals surface area contributed by atoms with Crippen LogP contribution in [0, 0.1) is 18.8 Å². The molecule has 0 atom stereocenters. The Balaban J connectivity index is 0.00000128. The number of rotatable bonds is 0. The molecular weight excluding hydrogens is 208 g/mol. The lowest BCUT2D eigenvalue weighted by Gasteiger charge is -1.94. The molecule has 0 aromatic heterocycles. The monoisotopic (exact) mass is 224 g/mol. The predicted molar refractivity (Wildman–Crippen MR) is 74.9 cm³/mol. The molecule has 0 radical (unpaired) electrons. The third-order valence-electron chi connectivity index (χ3n) is 2.26. The molecule has 2 rings (SSSR count). The van der Waals surface area contributed by atoms with Crippen LogP contribution in [0.3, 0.4) is 0 Å². The molecule has 2 aromatic rings. The van der Waals surface area contributed by atoms with Crippen molar-refractivity contribution in [2.45, 2.75) is 6.92 Å². The second-order valence-electron chi connectivity index (χ2n) is 3.43. The summed E-state index contributed by atoms with van der Waals surface area (Å²) in [5.41, 5.74) is 3.38. The summed E-state index contributed by atoms with van der Waals surface area (Å²) in [6.07, 6.45) is 0. The van der Waals surface area contributed by atoms with Crippen LogP contribution in [0.25, 0.3) is 0 Å². The summed E-state index contributed by atoms with van der Waals surface area (Å²) in [4.78, 5) is 0. The molecule has 0 aliphatic carbocycles. The average molecular weight is 224 g/mol. The molecule has 0 fully saturated rings. The third-order valence-corrected chi connectivity index (χ3v) is 2.26. The zero-order chi connectivity index (χ0) is 10.5. The molecule has 0 saturated carbocycles. The van der Waals surface area contributed by atoms with Gasteiger partial charge in [0.25, 0.3) is 0 Å². The molecule has 0 aliphatic heterocycles. The van der Waals surface area contributed by atoms with Gasteiger partial charge in [0.2, 0.25) is 0 Å². The summed E-state index contributed by atoms with van der Waals surface area (Å²) in [6, 6.07) is 18.2. The fraction of sp³-hybridized carbons (Fsp3) is 0.0667. The van der Waals surface area contributed by atoms with Gasteiger partial charge in [-0.2, -0.15) is 0 Å². The van der Waals surface area contributed by atoms with Gasteiger partial charge in [0.15, 0.2) is 0 Å². The summed E-state index contributed by atoms with van der Waals surface area (Å²) in [7, 11) is 0. The van der Waals surface area contributed by atoms with Gasteiger partial charge < -0.3 is 0 Å². The molecule has 16 heavy (non-hydrogen) atoms. The van der Waals surface area contributed by atoms with Gasteiger partial charge in [-0.25, -0.2) is 0 Å². The van der Waals surface area contributed by atoms with Crippen LogP contribution in [0.1, 0.15) is 16.7 Å². The van der Waals surface area contributed by atoms with Crippen LogP contribution in [0.2, 0.25) is 0 Å². The van der Waals surface area contributed by atoms with Gasteiger partial charge in [0.05, 0.1) is 0 Å². The van der Waals surface area contributed by atoms with Gasteiger partial charge in [-0.15, -0.1) is 0 Å². The van der Waals surface area contributed by atoms with Crippen molar-refractivity contribution < 1.29 is 0 Å². The van der Waals surface area contributed by atoms with Gasteiger partial charge in [0.1, 0.15) is 0 Å². The zero-order valence-electron chi connectivity index (χ0n) is 8.70. The molecule has 0 saturated heterocycles. The maximum atomic E-state index is 3.18. The van der Waals surface area contributed by atoms with Crippen LogP contribution in [-0.4, -0.2) is 11.0 Å². The van der Waals surface area contributed by atoms with Crippen LogP contribution in [0.4, 0.5) is 0 Å². The maximum Gasteiger partial charge on any atom is 0.0278 e. The Labute approximate surface area is 101 Å². The summed E-state index contributed by atoms with van der Waals surface area (Å²) in [6.45, 7) is 2.08. The molecule has 80 valence electrons. The minimum absolute atomic E-state index is 0. The number of hydrogen-bond acceptors (Lipinski definition) is 0. The van der Waals surface area contributed by atoms with Crippen LogP contribution in [0.15, 0.2) is 54.6 Å². The van der Waals surface area contributed by atoms with Crippen molar-refractivity contribution in [3.63, 3.8) is 0 Å². The quantitative estimate of drug-likeness (QED) is 0.474. The van der Waals surface area contributed by atoms with Gasteiger partial charge >= 0.3 is 0 Å². The highest BCUT2D eigenvalue weighted by Crippen LogP contribution is 2.05. The predicted octanol–water partition coefficient (Wildman–Crippen LogP) is 1.94. The first-order chi connectivity index (χ1) is 7.36. The number of hydrogen-bond donors (Lipinski definition) is 0. The highest BCUT2D eigenvalue weighted by molar-refractivity contribution is 5.75. The Morgan fingerprint density at radius 3 is 2.06 bits per heavy atom. The van der Waals surface area contributed by atoms with E-state index in [2.05, 4.69) is 24.8 Å². The lowest BCUT2D eigenvalue weighted by atomic mass is 10.1. The van der Waals surface area contributed by atoms with Crippen LogP contribution < -0.4 is 0 Å². The second kappa shape index (κ2) is 5.94. The van der Waals surface area contributed by atoms with E-state index < -0.39 is 0 Å². The Kier molecular flexibility index (Phi) is 4.56. The van der Waals surface area contributed by atoms with Gasteiger partial charge in [-0.1, -0.05) is 48.2 Å². The molecule has 0 N–H and O–H groups in total. The van der Waals surface area contributed by atoms with E-state index >= 15 is 0 Å². The van der Waals surface area contributed by atoms with Crippen molar-refractivity contribution in [2.75, 3.05) is 0 Å². The minimum atomic E-state index is 0. The Morgan fingerprint density at radius 2 is 1.38 bits per heavy atom. The number of benzene rings is 2. The summed E-state index contributed by atoms with van der Waals surface area (Å²) < 4.78 is 0. The van der Waals surface area contributed by atoms with E-state index in [4.69, 9.17) is 0 Å². The van der Waals surface area contributed by atoms with Crippen LogP contribution in [0.5, 0.6) is 0 Å². The lowest BCUT2D eigenvalue weighted by Crippen LogP contribution is -1.80. The third kappa shape index (κ3) is 3.11. The first-order valence-electron chi connectivity index (χ1n) is 4.99. The van der Waals surface area contributed by atoms with Gasteiger partial charge in [-0.3, -0.25) is 0 Å². The standard InChI is InChI=1S/C15H12.H4Si/c1-13-7-5-6-10-15(13)12-11-14-8-3-2-4-9-14;/h2-10H,1H3;1H4. The molecule has 0 aliphatic rings. The summed E-state index contributed by atoms with van der Waals surface area (Å²) in [5, 5.41) is 0. The van der Waals surface area contributed by atoms with E-state index in [1.807, 2.05) is 48.5 Å². The molecule has 0 bridgehead atoms. The van der Waals surface area contributed by atoms with Gasteiger partial charge in [0, 0.05) is 11.1 Å². The van der Waals surface area contributed by atoms with Crippen molar-refractivity contribution >= 4 is 11.0 Å². The van der Waals surface area contributed by atoms with E-state index in [0.717, 1.165) is 11.1 Å². The molecule has 0 spiro atoms. The smallest absolute Gasteiger partial charge is 0.0278 e. The fourth-order valence-electron chi connectivity index (χ4n) is 1.37. The topological polar surface area (TPSA) is 0 Å². The van der Waals surface area contributed by atoms with E-state index in [1.54, 1.807) is 0 Å². The highest BCUT2D eigenvalue weighted by atomic mass is 28.1. The molecule has 0 heterocycles. The molecule has 1 heteroatoms. The number of aryl methyl sites for hydroxylation is 1. The van der Waals surface area contributed by atoms with Crippen LogP contribution >= 0.6 is 0 Å². The lowest BCUT2D eigenvalue weighted by molar-refractivity contribution is 1.44. The Hall–Kier alpha value is -1.78.